The summed E-state index contributed by atoms with van der Waals surface area (Å²) in [6.07, 6.45) is 5.62. The molecule has 0 aliphatic rings. The van der Waals surface area contributed by atoms with Gasteiger partial charge >= 0.3 is 0 Å². The van der Waals surface area contributed by atoms with Crippen molar-refractivity contribution >= 4 is 5.87 Å². The van der Waals surface area contributed by atoms with Gasteiger partial charge in [0.2, 0.25) is 0 Å². The predicted molar refractivity (Wildman–Crippen MR) is 60.0 cm³/mol. The van der Waals surface area contributed by atoms with Crippen LogP contribution in [0.1, 0.15) is 27.7 Å². The summed E-state index contributed by atoms with van der Waals surface area (Å²) in [5.41, 5.74) is 3.14. The molecular formula is C12H17N. The fraction of sp³-hybridized carbons (Fsp3) is 0.333. The molecule has 1 nitrogen and oxygen atoms in total. The molecule has 0 N–H and O–H groups in total. The maximum Gasteiger partial charge on any atom is 0.0504 e. The van der Waals surface area contributed by atoms with E-state index in [-0.39, 0.29) is 0 Å². The van der Waals surface area contributed by atoms with Gasteiger partial charge in [-0.05, 0) is 45.2 Å². The van der Waals surface area contributed by atoms with Crippen LogP contribution in [-0.2, 0) is 0 Å². The molecule has 0 amide bonds. The number of hydrogen-bond donors (Lipinski definition) is 0. The minimum absolute atomic E-state index is 0.966. The van der Waals surface area contributed by atoms with Gasteiger partial charge in [-0.2, -0.15) is 0 Å². The van der Waals surface area contributed by atoms with Crippen molar-refractivity contribution in [3.8, 4) is 0 Å². The number of nitrogens with zero attached hydrogens (tertiary/aromatic N) is 1. The first-order valence-electron chi connectivity index (χ1n) is 4.33. The van der Waals surface area contributed by atoms with E-state index in [9.17, 15) is 0 Å². The van der Waals surface area contributed by atoms with Gasteiger partial charge in [-0.3, -0.25) is 0 Å². The molecule has 0 fully saturated rings. The van der Waals surface area contributed by atoms with E-state index in [1.54, 1.807) is 6.08 Å². The summed E-state index contributed by atoms with van der Waals surface area (Å²) in [4.78, 5) is 4.14. The first kappa shape index (κ1) is 11.7. The van der Waals surface area contributed by atoms with E-state index in [2.05, 4.69) is 17.4 Å². The summed E-state index contributed by atoms with van der Waals surface area (Å²) >= 11 is 0. The zero-order chi connectivity index (χ0) is 10.3. The third-order valence-corrected chi connectivity index (χ3v) is 1.78. The van der Waals surface area contributed by atoms with Crippen LogP contribution in [0.25, 0.3) is 0 Å². The average Bonchev–Trinajstić information content (AvgIpc) is 2.10. The zero-order valence-corrected chi connectivity index (χ0v) is 8.89. The van der Waals surface area contributed by atoms with Crippen LogP contribution in [0.4, 0.5) is 0 Å². The molecule has 0 aromatic carbocycles. The molecule has 0 heterocycles. The highest BCUT2D eigenvalue weighted by molar-refractivity contribution is 5.56. The van der Waals surface area contributed by atoms with Gasteiger partial charge in [0, 0.05) is 0 Å². The van der Waals surface area contributed by atoms with Crippen LogP contribution in [0, 0.1) is 0 Å². The fourth-order valence-corrected chi connectivity index (χ4v) is 0.666. The minimum Gasteiger partial charge on any atom is -0.211 e. The van der Waals surface area contributed by atoms with Crippen LogP contribution in [0.3, 0.4) is 0 Å². The summed E-state index contributed by atoms with van der Waals surface area (Å²) in [7, 11) is 0. The van der Waals surface area contributed by atoms with Crippen LogP contribution in [0.15, 0.2) is 46.6 Å². The molecule has 0 unspecified atom stereocenters. The van der Waals surface area contributed by atoms with Gasteiger partial charge < -0.3 is 0 Å². The molecule has 0 atom stereocenters. The van der Waals surface area contributed by atoms with Gasteiger partial charge in [-0.1, -0.05) is 24.3 Å². The average molecular weight is 175 g/mol. The summed E-state index contributed by atoms with van der Waals surface area (Å²) in [5.74, 6) is 2.84. The summed E-state index contributed by atoms with van der Waals surface area (Å²) in [5, 5.41) is 0. The number of aliphatic imine (C=N–C) groups is 1. The second-order valence-electron chi connectivity index (χ2n) is 2.92. The van der Waals surface area contributed by atoms with Gasteiger partial charge in [0.15, 0.2) is 0 Å². The van der Waals surface area contributed by atoms with Crippen molar-refractivity contribution in [2.75, 3.05) is 0 Å². The zero-order valence-electron chi connectivity index (χ0n) is 8.89. The summed E-state index contributed by atoms with van der Waals surface area (Å²) in [6, 6.07) is 0. The van der Waals surface area contributed by atoms with E-state index in [1.807, 2.05) is 39.8 Å². The van der Waals surface area contributed by atoms with Crippen LogP contribution in [0.2, 0.25) is 0 Å². The molecule has 0 radical (unpaired) electrons. The number of hydrogen-bond acceptors (Lipinski definition) is 1. The summed E-state index contributed by atoms with van der Waals surface area (Å²) < 4.78 is 0. The highest BCUT2D eigenvalue weighted by Crippen LogP contribution is 2.11. The Kier molecular flexibility index (Phi) is 5.58. The van der Waals surface area contributed by atoms with Crippen molar-refractivity contribution in [1.29, 1.82) is 0 Å². The van der Waals surface area contributed by atoms with Gasteiger partial charge in [0.1, 0.15) is 0 Å². The van der Waals surface area contributed by atoms with Crippen LogP contribution >= 0.6 is 0 Å². The van der Waals surface area contributed by atoms with Gasteiger partial charge in [0.25, 0.3) is 0 Å². The fourth-order valence-electron chi connectivity index (χ4n) is 0.666. The highest BCUT2D eigenvalue weighted by atomic mass is 14.7. The highest BCUT2D eigenvalue weighted by Gasteiger charge is 1.93. The Labute approximate surface area is 80.9 Å². The van der Waals surface area contributed by atoms with E-state index in [1.165, 1.54) is 0 Å². The minimum atomic E-state index is 0.966. The SMILES string of the molecule is C=C(C)/C(C)=C(\C)N=C=C/C=C\C. The lowest BCUT2D eigenvalue weighted by molar-refractivity contribution is 1.20. The second kappa shape index (κ2) is 6.22. The van der Waals surface area contributed by atoms with Crippen molar-refractivity contribution in [3.63, 3.8) is 0 Å². The van der Waals surface area contributed by atoms with E-state index in [0.29, 0.717) is 0 Å². The van der Waals surface area contributed by atoms with Crippen molar-refractivity contribution in [3.05, 3.63) is 41.7 Å². The van der Waals surface area contributed by atoms with Crippen molar-refractivity contribution in [2.24, 2.45) is 4.99 Å². The van der Waals surface area contributed by atoms with Crippen molar-refractivity contribution < 1.29 is 0 Å². The maximum atomic E-state index is 4.14. The van der Waals surface area contributed by atoms with Gasteiger partial charge in [-0.25, -0.2) is 4.99 Å². The van der Waals surface area contributed by atoms with Crippen molar-refractivity contribution in [1.82, 2.24) is 0 Å². The second-order valence-corrected chi connectivity index (χ2v) is 2.92. The number of rotatable bonds is 3. The third kappa shape index (κ3) is 5.00. The van der Waals surface area contributed by atoms with Crippen LogP contribution < -0.4 is 0 Å². The Morgan fingerprint density at radius 1 is 1.31 bits per heavy atom. The predicted octanol–water partition coefficient (Wildman–Crippen LogP) is 3.66. The standard InChI is InChI=1S/C12H17N/c1-6-7-8-9-13-12(5)11(4)10(2)3/h6-8H,2H2,1,3-5H3/b7-6-,12-11+. The molecule has 0 aromatic rings. The molecule has 0 aliphatic heterocycles. The Morgan fingerprint density at radius 2 is 1.92 bits per heavy atom. The molecule has 0 bridgehead atoms. The topological polar surface area (TPSA) is 12.4 Å². The Morgan fingerprint density at radius 3 is 2.38 bits per heavy atom. The lowest BCUT2D eigenvalue weighted by Gasteiger charge is -1.99. The molecule has 0 saturated carbocycles. The quantitative estimate of drug-likeness (QED) is 0.458. The Bertz CT molecular complexity index is 297. The Hall–Kier alpha value is -1.33. The summed E-state index contributed by atoms with van der Waals surface area (Å²) in [6.45, 7) is 11.8. The van der Waals surface area contributed by atoms with Gasteiger partial charge in [0.05, 0.1) is 5.70 Å². The lowest BCUT2D eigenvalue weighted by Crippen LogP contribution is -1.81. The molecule has 0 aliphatic carbocycles. The molecule has 1 heteroatoms. The molecule has 0 rings (SSSR count). The smallest absolute Gasteiger partial charge is 0.0504 e. The normalized spacial score (nSPS) is 12.0. The van der Waals surface area contributed by atoms with Crippen molar-refractivity contribution in [2.45, 2.75) is 27.7 Å². The van der Waals surface area contributed by atoms with Crippen LogP contribution in [0.5, 0.6) is 0 Å². The van der Waals surface area contributed by atoms with Crippen LogP contribution in [-0.4, -0.2) is 5.87 Å². The van der Waals surface area contributed by atoms with E-state index in [4.69, 9.17) is 0 Å². The van der Waals surface area contributed by atoms with Gasteiger partial charge in [-0.15, -0.1) is 0 Å². The van der Waals surface area contributed by atoms with E-state index >= 15 is 0 Å². The molecular weight excluding hydrogens is 158 g/mol. The molecule has 0 aromatic heterocycles. The first-order chi connectivity index (χ1) is 6.09. The largest absolute Gasteiger partial charge is 0.211 e. The lowest BCUT2D eigenvalue weighted by atomic mass is 10.1. The molecule has 13 heavy (non-hydrogen) atoms. The van der Waals surface area contributed by atoms with E-state index in [0.717, 1.165) is 16.8 Å². The molecule has 70 valence electrons. The number of allylic oxidation sites excluding steroid dienone is 6. The first-order valence-corrected chi connectivity index (χ1v) is 4.33. The Balaban J connectivity index is 4.63. The van der Waals surface area contributed by atoms with E-state index < -0.39 is 0 Å². The monoisotopic (exact) mass is 175 g/mol. The third-order valence-electron chi connectivity index (χ3n) is 1.78. The molecule has 0 spiro atoms. The maximum absolute atomic E-state index is 4.14. The molecule has 0 saturated heterocycles.